The fraction of sp³-hybridized carbons (Fsp3) is 0.0435. The molecule has 29 heavy (non-hydrogen) atoms. The number of ether oxygens (including phenoxy) is 3. The summed E-state index contributed by atoms with van der Waals surface area (Å²) in [5.41, 5.74) is 2.07. The van der Waals surface area contributed by atoms with Crippen molar-refractivity contribution in [2.45, 2.75) is 0 Å². The van der Waals surface area contributed by atoms with E-state index in [9.17, 15) is 14.0 Å². The largest absolute Gasteiger partial charge is 0.457 e. The zero-order chi connectivity index (χ0) is 20.6. The Morgan fingerprint density at radius 1 is 0.828 bits per heavy atom. The van der Waals surface area contributed by atoms with Gasteiger partial charge in [-0.15, -0.1) is 0 Å². The normalized spacial score (nSPS) is 10.1. The first-order valence-corrected chi connectivity index (χ1v) is 8.65. The summed E-state index contributed by atoms with van der Waals surface area (Å²) in [7, 11) is 0. The molecule has 0 saturated heterocycles. The molecule has 0 radical (unpaired) electrons. The lowest BCUT2D eigenvalue weighted by atomic mass is 10.1. The third-order valence-electron chi connectivity index (χ3n) is 3.93. The molecule has 3 rings (SSSR count). The van der Waals surface area contributed by atoms with E-state index in [1.807, 2.05) is 0 Å². The summed E-state index contributed by atoms with van der Waals surface area (Å²) in [6.45, 7) is 3.02. The Bertz CT molecular complexity index is 993. The fourth-order valence-electron chi connectivity index (χ4n) is 2.43. The predicted molar refractivity (Wildman–Crippen MR) is 105 cm³/mol. The van der Waals surface area contributed by atoms with Crippen LogP contribution >= 0.6 is 0 Å². The highest BCUT2D eigenvalue weighted by molar-refractivity contribution is 5.91. The van der Waals surface area contributed by atoms with Crippen molar-refractivity contribution in [3.05, 3.63) is 96.8 Å². The van der Waals surface area contributed by atoms with E-state index in [-0.39, 0.29) is 12.6 Å². The van der Waals surface area contributed by atoms with Crippen LogP contribution in [0.15, 0.2) is 85.5 Å². The van der Waals surface area contributed by atoms with Gasteiger partial charge in [-0.25, -0.2) is 14.0 Å². The minimum absolute atomic E-state index is 0.255. The summed E-state index contributed by atoms with van der Waals surface area (Å²) in [4.78, 5) is 23.2. The van der Waals surface area contributed by atoms with Crippen molar-refractivity contribution in [2.24, 2.45) is 0 Å². The van der Waals surface area contributed by atoms with Crippen molar-refractivity contribution in [3.8, 4) is 22.6 Å². The second-order valence-electron chi connectivity index (χ2n) is 5.87. The van der Waals surface area contributed by atoms with E-state index in [1.54, 1.807) is 60.7 Å². The number of halogens is 1. The van der Waals surface area contributed by atoms with Crippen LogP contribution in [0.3, 0.4) is 0 Å². The van der Waals surface area contributed by atoms with E-state index in [1.165, 1.54) is 12.1 Å². The molecule has 5 nitrogen and oxygen atoms in total. The maximum absolute atomic E-state index is 13.0. The molecule has 3 aromatic rings. The van der Waals surface area contributed by atoms with Gasteiger partial charge in [0.2, 0.25) is 6.79 Å². The van der Waals surface area contributed by atoms with Crippen LogP contribution in [0.2, 0.25) is 0 Å². The third kappa shape index (κ3) is 5.52. The Hall–Kier alpha value is -3.93. The van der Waals surface area contributed by atoms with Gasteiger partial charge in [0.1, 0.15) is 17.3 Å². The average Bonchev–Trinajstić information content (AvgIpc) is 2.75. The van der Waals surface area contributed by atoms with Gasteiger partial charge in [0.15, 0.2) is 0 Å². The van der Waals surface area contributed by atoms with E-state index in [4.69, 9.17) is 14.2 Å². The molecule has 0 aliphatic carbocycles. The zero-order valence-corrected chi connectivity index (χ0v) is 15.3. The molecule has 0 fully saturated rings. The van der Waals surface area contributed by atoms with Crippen molar-refractivity contribution < 1.29 is 28.2 Å². The summed E-state index contributed by atoms with van der Waals surface area (Å²) < 4.78 is 28.3. The Morgan fingerprint density at radius 2 is 1.38 bits per heavy atom. The highest BCUT2D eigenvalue weighted by Crippen LogP contribution is 2.23. The molecule has 0 N–H and O–H groups in total. The van der Waals surface area contributed by atoms with Gasteiger partial charge < -0.3 is 14.2 Å². The summed E-state index contributed by atoms with van der Waals surface area (Å²) in [6.07, 6.45) is 1.04. The molecule has 0 aromatic heterocycles. The van der Waals surface area contributed by atoms with Crippen molar-refractivity contribution in [1.29, 1.82) is 0 Å². The van der Waals surface area contributed by atoms with E-state index in [0.717, 1.165) is 17.2 Å². The maximum Gasteiger partial charge on any atom is 0.343 e. The van der Waals surface area contributed by atoms with Crippen LogP contribution in [0.5, 0.6) is 11.5 Å². The van der Waals surface area contributed by atoms with E-state index in [0.29, 0.717) is 17.1 Å². The zero-order valence-electron chi connectivity index (χ0n) is 15.3. The Morgan fingerprint density at radius 3 is 1.97 bits per heavy atom. The summed E-state index contributed by atoms with van der Waals surface area (Å²) in [6, 6.07) is 19.3. The first-order valence-electron chi connectivity index (χ1n) is 8.65. The predicted octanol–water partition coefficient (Wildman–Crippen LogP) is 4.78. The van der Waals surface area contributed by atoms with Gasteiger partial charge in [0, 0.05) is 6.08 Å². The molecule has 0 heterocycles. The van der Waals surface area contributed by atoms with Gasteiger partial charge in [0.25, 0.3) is 0 Å². The Kier molecular flexibility index (Phi) is 6.37. The summed E-state index contributed by atoms with van der Waals surface area (Å²) >= 11 is 0. The first kappa shape index (κ1) is 19.8. The number of rotatable bonds is 7. The molecule has 0 saturated carbocycles. The van der Waals surface area contributed by atoms with Gasteiger partial charge in [-0.2, -0.15) is 0 Å². The van der Waals surface area contributed by atoms with Gasteiger partial charge in [-0.05, 0) is 59.7 Å². The summed E-state index contributed by atoms with van der Waals surface area (Å²) in [5.74, 6) is -0.590. The molecule has 0 aliphatic rings. The topological polar surface area (TPSA) is 61.8 Å². The number of carbonyl (C=O) groups excluding carboxylic acids is 2. The minimum Gasteiger partial charge on any atom is -0.457 e. The average molecular weight is 392 g/mol. The number of hydrogen-bond acceptors (Lipinski definition) is 5. The van der Waals surface area contributed by atoms with Gasteiger partial charge >= 0.3 is 11.9 Å². The van der Waals surface area contributed by atoms with Crippen molar-refractivity contribution >= 4 is 11.9 Å². The highest BCUT2D eigenvalue weighted by atomic mass is 19.1. The Labute approximate surface area is 167 Å². The molecule has 0 spiro atoms. The van der Waals surface area contributed by atoms with Crippen LogP contribution in [0, 0.1) is 5.82 Å². The van der Waals surface area contributed by atoms with Gasteiger partial charge in [-0.1, -0.05) is 30.8 Å². The van der Waals surface area contributed by atoms with Crippen LogP contribution in [0.1, 0.15) is 10.4 Å². The van der Waals surface area contributed by atoms with E-state index in [2.05, 4.69) is 6.58 Å². The third-order valence-corrected chi connectivity index (χ3v) is 3.93. The van der Waals surface area contributed by atoms with Crippen molar-refractivity contribution in [1.82, 2.24) is 0 Å². The second kappa shape index (κ2) is 9.32. The monoisotopic (exact) mass is 392 g/mol. The molecule has 0 unspecified atom stereocenters. The van der Waals surface area contributed by atoms with Gasteiger partial charge in [0.05, 0.1) is 5.56 Å². The SMILES string of the molecule is C=CC(=O)OCOc1ccc(C(=O)Oc2ccc(-c3ccc(F)cc3)cc2)cc1. The highest BCUT2D eigenvalue weighted by Gasteiger charge is 2.09. The molecule has 3 aromatic carbocycles. The number of carbonyl (C=O) groups is 2. The molecule has 146 valence electrons. The molecule has 0 amide bonds. The molecular formula is C23H17FO5. The van der Waals surface area contributed by atoms with Crippen molar-refractivity contribution in [3.63, 3.8) is 0 Å². The second-order valence-corrected chi connectivity index (χ2v) is 5.87. The molecule has 0 atom stereocenters. The summed E-state index contributed by atoms with van der Waals surface area (Å²) in [5, 5.41) is 0. The number of hydrogen-bond donors (Lipinski definition) is 0. The standard InChI is InChI=1S/C23H17FO5/c1-2-22(25)28-15-27-20-11-7-18(8-12-20)23(26)29-21-13-5-17(6-14-21)16-3-9-19(24)10-4-16/h2-14H,1,15H2. The molecule has 0 aliphatic heterocycles. The molecular weight excluding hydrogens is 375 g/mol. The van der Waals surface area contributed by atoms with Gasteiger partial charge in [-0.3, -0.25) is 0 Å². The van der Waals surface area contributed by atoms with Crippen LogP contribution in [0.4, 0.5) is 4.39 Å². The molecule has 6 heteroatoms. The van der Waals surface area contributed by atoms with Crippen LogP contribution in [-0.2, 0) is 9.53 Å². The number of benzene rings is 3. The lowest BCUT2D eigenvalue weighted by Gasteiger charge is -2.08. The van der Waals surface area contributed by atoms with Crippen LogP contribution < -0.4 is 9.47 Å². The van der Waals surface area contributed by atoms with Crippen LogP contribution in [-0.4, -0.2) is 18.7 Å². The lowest BCUT2D eigenvalue weighted by Crippen LogP contribution is -2.09. The van der Waals surface area contributed by atoms with Crippen molar-refractivity contribution in [2.75, 3.05) is 6.79 Å². The Balaban J connectivity index is 1.57. The minimum atomic E-state index is -0.587. The lowest BCUT2D eigenvalue weighted by molar-refractivity contribution is -0.144. The number of esters is 2. The van der Waals surface area contributed by atoms with E-state index >= 15 is 0 Å². The molecule has 0 bridgehead atoms. The fourth-order valence-corrected chi connectivity index (χ4v) is 2.43. The smallest absolute Gasteiger partial charge is 0.343 e. The maximum atomic E-state index is 13.0. The van der Waals surface area contributed by atoms with E-state index < -0.39 is 11.9 Å². The van der Waals surface area contributed by atoms with Crippen LogP contribution in [0.25, 0.3) is 11.1 Å². The first-order chi connectivity index (χ1) is 14.0. The quantitative estimate of drug-likeness (QED) is 0.251.